The van der Waals surface area contributed by atoms with Crippen molar-refractivity contribution < 1.29 is 14.3 Å². The van der Waals surface area contributed by atoms with Crippen molar-refractivity contribution in [2.75, 3.05) is 19.8 Å². The monoisotopic (exact) mass is 372 g/mol. The van der Waals surface area contributed by atoms with Gasteiger partial charge in [0, 0.05) is 17.0 Å². The number of carbonyl (C=O) groups is 1. The maximum Gasteiger partial charge on any atom is 0.326 e. The molecule has 7 heteroatoms. The number of rotatable bonds is 7. The third-order valence-electron chi connectivity index (χ3n) is 3.91. The summed E-state index contributed by atoms with van der Waals surface area (Å²) < 4.78 is 11.5. The Morgan fingerprint density at radius 1 is 1.23 bits per heavy atom. The number of hydrogen-bond donors (Lipinski definition) is 0. The molecule has 0 saturated carbocycles. The number of ether oxygens (including phenoxy) is 2. The Morgan fingerprint density at radius 3 is 2.73 bits per heavy atom. The number of esters is 1. The molecule has 0 saturated heterocycles. The van der Waals surface area contributed by atoms with Crippen molar-refractivity contribution in [2.45, 2.75) is 20.4 Å². The highest BCUT2D eigenvalue weighted by molar-refractivity contribution is 7.19. The minimum Gasteiger partial charge on any atom is -0.462 e. The van der Waals surface area contributed by atoms with E-state index in [9.17, 15) is 9.59 Å². The SMILES string of the molecule is CCOCCOC(=O)Cn1cnc2sc(C)c(-c3ccccc3)c2c1=O. The highest BCUT2D eigenvalue weighted by Crippen LogP contribution is 2.35. The highest BCUT2D eigenvalue weighted by atomic mass is 32.1. The Morgan fingerprint density at radius 2 is 2.00 bits per heavy atom. The number of aromatic nitrogens is 2. The average molecular weight is 372 g/mol. The van der Waals surface area contributed by atoms with E-state index in [-0.39, 0.29) is 18.7 Å². The topological polar surface area (TPSA) is 70.4 Å². The Labute approximate surface area is 155 Å². The van der Waals surface area contributed by atoms with E-state index in [0.717, 1.165) is 16.0 Å². The summed E-state index contributed by atoms with van der Waals surface area (Å²) in [5.74, 6) is -0.485. The minimum absolute atomic E-state index is 0.170. The third-order valence-corrected chi connectivity index (χ3v) is 4.92. The van der Waals surface area contributed by atoms with E-state index in [1.54, 1.807) is 0 Å². The predicted octanol–water partition coefficient (Wildman–Crippen LogP) is 3.01. The molecule has 3 rings (SSSR count). The number of carbonyl (C=O) groups excluding carboxylic acids is 1. The van der Waals surface area contributed by atoms with Crippen molar-refractivity contribution in [3.8, 4) is 11.1 Å². The first kappa shape index (κ1) is 18.3. The van der Waals surface area contributed by atoms with Crippen molar-refractivity contribution in [1.82, 2.24) is 9.55 Å². The number of nitrogens with zero attached hydrogens (tertiary/aromatic N) is 2. The summed E-state index contributed by atoms with van der Waals surface area (Å²) in [5, 5.41) is 0.545. The second-order valence-electron chi connectivity index (χ2n) is 5.67. The van der Waals surface area contributed by atoms with Crippen LogP contribution in [-0.2, 0) is 20.8 Å². The van der Waals surface area contributed by atoms with Gasteiger partial charge in [0.05, 0.1) is 18.3 Å². The number of fused-ring (bicyclic) bond motifs is 1. The number of hydrogen-bond acceptors (Lipinski definition) is 6. The second kappa shape index (κ2) is 8.25. The van der Waals surface area contributed by atoms with Crippen LogP contribution in [0.25, 0.3) is 21.3 Å². The fourth-order valence-electron chi connectivity index (χ4n) is 2.75. The fraction of sp³-hybridized carbons (Fsp3) is 0.316. The summed E-state index contributed by atoms with van der Waals surface area (Å²) in [4.78, 5) is 31.0. The van der Waals surface area contributed by atoms with Gasteiger partial charge in [0.25, 0.3) is 5.56 Å². The molecule has 6 nitrogen and oxygen atoms in total. The van der Waals surface area contributed by atoms with Crippen LogP contribution in [0.5, 0.6) is 0 Å². The van der Waals surface area contributed by atoms with Gasteiger partial charge in [-0.2, -0.15) is 0 Å². The van der Waals surface area contributed by atoms with E-state index in [4.69, 9.17) is 9.47 Å². The summed E-state index contributed by atoms with van der Waals surface area (Å²) in [6.07, 6.45) is 1.40. The minimum atomic E-state index is -0.485. The molecule has 2 aromatic heterocycles. The van der Waals surface area contributed by atoms with Crippen LogP contribution < -0.4 is 5.56 Å². The molecule has 0 spiro atoms. The summed E-state index contributed by atoms with van der Waals surface area (Å²) in [6, 6.07) is 9.73. The normalized spacial score (nSPS) is 11.0. The molecule has 2 heterocycles. The van der Waals surface area contributed by atoms with E-state index >= 15 is 0 Å². The fourth-order valence-corrected chi connectivity index (χ4v) is 3.75. The van der Waals surface area contributed by atoms with Gasteiger partial charge in [-0.05, 0) is 19.4 Å². The van der Waals surface area contributed by atoms with Crippen LogP contribution in [0.1, 0.15) is 11.8 Å². The number of benzene rings is 1. The lowest BCUT2D eigenvalue weighted by atomic mass is 10.0. The zero-order chi connectivity index (χ0) is 18.5. The van der Waals surface area contributed by atoms with Gasteiger partial charge in [0.2, 0.25) is 0 Å². The van der Waals surface area contributed by atoms with Gasteiger partial charge in [-0.3, -0.25) is 14.2 Å². The van der Waals surface area contributed by atoms with Gasteiger partial charge in [-0.15, -0.1) is 11.3 Å². The van der Waals surface area contributed by atoms with Crippen LogP contribution >= 0.6 is 11.3 Å². The lowest BCUT2D eigenvalue weighted by molar-refractivity contribution is -0.145. The van der Waals surface area contributed by atoms with E-state index in [0.29, 0.717) is 23.4 Å². The van der Waals surface area contributed by atoms with Crippen molar-refractivity contribution in [3.63, 3.8) is 0 Å². The van der Waals surface area contributed by atoms with Crippen molar-refractivity contribution >= 4 is 27.5 Å². The number of aryl methyl sites for hydroxylation is 1. The molecule has 26 heavy (non-hydrogen) atoms. The molecule has 136 valence electrons. The lowest BCUT2D eigenvalue weighted by Gasteiger charge is -2.07. The van der Waals surface area contributed by atoms with Crippen LogP contribution in [0.15, 0.2) is 41.5 Å². The highest BCUT2D eigenvalue weighted by Gasteiger charge is 2.17. The molecule has 0 aliphatic carbocycles. The maximum absolute atomic E-state index is 12.9. The molecular formula is C19H20N2O4S. The van der Waals surface area contributed by atoms with E-state index in [2.05, 4.69) is 4.98 Å². The standard InChI is InChI=1S/C19H20N2O4S/c1-3-24-9-10-25-15(22)11-21-12-20-18-17(19(21)23)16(13(2)26-18)14-7-5-4-6-8-14/h4-8,12H,3,9-11H2,1-2H3. The zero-order valence-electron chi connectivity index (χ0n) is 14.7. The number of thiophene rings is 1. The Kier molecular flexibility index (Phi) is 5.80. The average Bonchev–Trinajstić information content (AvgIpc) is 2.99. The molecule has 0 bridgehead atoms. The smallest absolute Gasteiger partial charge is 0.326 e. The molecule has 0 fully saturated rings. The van der Waals surface area contributed by atoms with Crippen LogP contribution in [-0.4, -0.2) is 35.3 Å². The molecule has 0 N–H and O–H groups in total. The summed E-state index contributed by atoms with van der Waals surface area (Å²) in [5.41, 5.74) is 1.61. The van der Waals surface area contributed by atoms with Gasteiger partial charge in [-0.1, -0.05) is 30.3 Å². The predicted molar refractivity (Wildman–Crippen MR) is 102 cm³/mol. The van der Waals surface area contributed by atoms with Gasteiger partial charge < -0.3 is 9.47 Å². The second-order valence-corrected chi connectivity index (χ2v) is 6.88. The Balaban J connectivity index is 1.91. The maximum atomic E-state index is 12.9. The molecular weight excluding hydrogens is 352 g/mol. The molecule has 0 aliphatic rings. The Hall–Kier alpha value is -2.51. The lowest BCUT2D eigenvalue weighted by Crippen LogP contribution is -2.26. The van der Waals surface area contributed by atoms with Crippen molar-refractivity contribution in [1.29, 1.82) is 0 Å². The summed E-state index contributed by atoms with van der Waals surface area (Å²) in [7, 11) is 0. The molecule has 1 aromatic carbocycles. The molecule has 0 radical (unpaired) electrons. The largest absolute Gasteiger partial charge is 0.462 e. The molecule has 0 atom stereocenters. The van der Waals surface area contributed by atoms with E-state index in [1.165, 1.54) is 22.2 Å². The van der Waals surface area contributed by atoms with Crippen LogP contribution in [0.3, 0.4) is 0 Å². The first-order valence-electron chi connectivity index (χ1n) is 8.39. The molecule has 0 aliphatic heterocycles. The zero-order valence-corrected chi connectivity index (χ0v) is 15.5. The van der Waals surface area contributed by atoms with Crippen LogP contribution in [0.4, 0.5) is 0 Å². The van der Waals surface area contributed by atoms with E-state index in [1.807, 2.05) is 44.2 Å². The summed E-state index contributed by atoms with van der Waals surface area (Å²) >= 11 is 1.48. The molecule has 3 aromatic rings. The van der Waals surface area contributed by atoms with Crippen LogP contribution in [0, 0.1) is 6.92 Å². The van der Waals surface area contributed by atoms with Crippen LogP contribution in [0.2, 0.25) is 0 Å². The van der Waals surface area contributed by atoms with Gasteiger partial charge in [0.15, 0.2) is 0 Å². The third kappa shape index (κ3) is 3.84. The first-order chi connectivity index (χ1) is 12.6. The first-order valence-corrected chi connectivity index (χ1v) is 9.20. The van der Waals surface area contributed by atoms with Gasteiger partial charge >= 0.3 is 5.97 Å². The van der Waals surface area contributed by atoms with E-state index < -0.39 is 5.97 Å². The van der Waals surface area contributed by atoms with Crippen molar-refractivity contribution in [2.24, 2.45) is 0 Å². The van der Waals surface area contributed by atoms with Crippen molar-refractivity contribution in [3.05, 3.63) is 51.9 Å². The molecule has 0 amide bonds. The summed E-state index contributed by atoms with van der Waals surface area (Å²) in [6.45, 7) is 4.75. The van der Waals surface area contributed by atoms with Gasteiger partial charge in [-0.25, -0.2) is 4.98 Å². The van der Waals surface area contributed by atoms with Gasteiger partial charge in [0.1, 0.15) is 18.0 Å². The molecule has 0 unspecified atom stereocenters. The quantitative estimate of drug-likeness (QED) is 0.471. The Bertz CT molecular complexity index is 963.